The molecule has 0 aliphatic carbocycles. The molecule has 3 nitrogen and oxygen atoms in total. The van der Waals surface area contributed by atoms with Gasteiger partial charge in [-0.3, -0.25) is 4.79 Å². The molecule has 2 aliphatic rings. The Morgan fingerprint density at radius 3 is 2.48 bits per heavy atom. The molecule has 0 saturated carbocycles. The predicted molar refractivity (Wildman–Crippen MR) is 91.2 cm³/mol. The van der Waals surface area contributed by atoms with Gasteiger partial charge in [-0.05, 0) is 56.4 Å². The van der Waals surface area contributed by atoms with Gasteiger partial charge in [0.05, 0.1) is 0 Å². The number of piperidine rings is 1. The van der Waals surface area contributed by atoms with Crippen LogP contribution in [0.4, 0.5) is 0 Å². The maximum atomic E-state index is 12.7. The summed E-state index contributed by atoms with van der Waals surface area (Å²) in [5, 5.41) is 3.63. The van der Waals surface area contributed by atoms with Crippen LogP contribution in [-0.2, 0) is 0 Å². The number of aryl methyl sites for hydroxylation is 1. The first kappa shape index (κ1) is 16.8. The Balaban J connectivity index is 0.00000161. The Kier molecular flexibility index (Phi) is 5.33. The van der Waals surface area contributed by atoms with Crippen LogP contribution in [0.5, 0.6) is 0 Å². The molecule has 21 heavy (non-hydrogen) atoms. The summed E-state index contributed by atoms with van der Waals surface area (Å²) in [5.74, 6) is 0.154. The van der Waals surface area contributed by atoms with E-state index in [4.69, 9.17) is 0 Å². The number of hydrogen-bond acceptors (Lipinski definition) is 2. The molecule has 1 N–H and O–H groups in total. The second-order valence-corrected chi connectivity index (χ2v) is 7.05. The van der Waals surface area contributed by atoms with Crippen molar-refractivity contribution in [1.29, 1.82) is 0 Å². The highest BCUT2D eigenvalue weighted by Crippen LogP contribution is 2.30. The SMILES string of the molecule is Cc1cc(Br)ccc1C(=O)N(C)C1CC2CCC(C1)N2.Cl. The lowest BCUT2D eigenvalue weighted by atomic mass is 9.97. The Hall–Kier alpha value is -0.580. The molecule has 2 bridgehead atoms. The van der Waals surface area contributed by atoms with Gasteiger partial charge in [-0.1, -0.05) is 15.9 Å². The van der Waals surface area contributed by atoms with Crippen molar-refractivity contribution in [2.45, 2.75) is 50.7 Å². The molecule has 2 heterocycles. The fourth-order valence-electron chi connectivity index (χ4n) is 3.57. The van der Waals surface area contributed by atoms with E-state index in [1.807, 2.05) is 37.1 Å². The van der Waals surface area contributed by atoms with Gasteiger partial charge in [0.25, 0.3) is 5.91 Å². The summed E-state index contributed by atoms with van der Waals surface area (Å²) in [4.78, 5) is 14.7. The first-order valence-electron chi connectivity index (χ1n) is 7.34. The fourth-order valence-corrected chi connectivity index (χ4v) is 4.04. The number of nitrogens with zero attached hydrogens (tertiary/aromatic N) is 1. The molecule has 0 aromatic heterocycles. The molecule has 2 atom stereocenters. The molecule has 0 spiro atoms. The normalized spacial score (nSPS) is 27.1. The minimum absolute atomic E-state index is 0. The van der Waals surface area contributed by atoms with Crippen molar-refractivity contribution >= 4 is 34.2 Å². The van der Waals surface area contributed by atoms with Crippen LogP contribution in [0.25, 0.3) is 0 Å². The average Bonchev–Trinajstić information content (AvgIpc) is 2.76. The number of halogens is 2. The molecular weight excluding hydrogens is 352 g/mol. The van der Waals surface area contributed by atoms with Crippen molar-refractivity contribution in [3.63, 3.8) is 0 Å². The summed E-state index contributed by atoms with van der Waals surface area (Å²) in [7, 11) is 1.96. The molecule has 5 heteroatoms. The molecule has 2 fully saturated rings. The van der Waals surface area contributed by atoms with Crippen LogP contribution in [0.3, 0.4) is 0 Å². The summed E-state index contributed by atoms with van der Waals surface area (Å²) in [5.41, 5.74) is 1.86. The van der Waals surface area contributed by atoms with E-state index in [0.29, 0.717) is 18.1 Å². The topological polar surface area (TPSA) is 32.3 Å². The van der Waals surface area contributed by atoms with Crippen LogP contribution in [0.2, 0.25) is 0 Å². The van der Waals surface area contributed by atoms with Gasteiger partial charge in [-0.15, -0.1) is 12.4 Å². The van der Waals surface area contributed by atoms with Crippen LogP contribution in [0.1, 0.15) is 41.6 Å². The van der Waals surface area contributed by atoms with Gasteiger partial charge in [-0.2, -0.15) is 0 Å². The van der Waals surface area contributed by atoms with Crippen molar-refractivity contribution in [2.24, 2.45) is 0 Å². The second-order valence-electron chi connectivity index (χ2n) is 6.14. The van der Waals surface area contributed by atoms with Gasteiger partial charge >= 0.3 is 0 Å². The van der Waals surface area contributed by atoms with E-state index in [1.165, 1.54) is 12.8 Å². The summed E-state index contributed by atoms with van der Waals surface area (Å²) < 4.78 is 1.02. The molecule has 2 saturated heterocycles. The molecule has 2 unspecified atom stereocenters. The molecule has 0 radical (unpaired) electrons. The van der Waals surface area contributed by atoms with Crippen LogP contribution < -0.4 is 5.32 Å². The Morgan fingerprint density at radius 2 is 1.90 bits per heavy atom. The first-order valence-corrected chi connectivity index (χ1v) is 8.13. The highest BCUT2D eigenvalue weighted by atomic mass is 79.9. The minimum atomic E-state index is 0. The maximum absolute atomic E-state index is 12.7. The summed E-state index contributed by atoms with van der Waals surface area (Å²) in [6, 6.07) is 7.48. The third kappa shape index (κ3) is 3.43. The van der Waals surface area contributed by atoms with Crippen LogP contribution in [-0.4, -0.2) is 36.0 Å². The molecule has 3 rings (SSSR count). The average molecular weight is 374 g/mol. The zero-order valence-corrected chi connectivity index (χ0v) is 14.8. The molecule has 1 amide bonds. The quantitative estimate of drug-likeness (QED) is 0.860. The number of fused-ring (bicyclic) bond motifs is 2. The first-order chi connectivity index (χ1) is 9.54. The Morgan fingerprint density at radius 1 is 1.29 bits per heavy atom. The highest BCUT2D eigenvalue weighted by molar-refractivity contribution is 9.10. The summed E-state index contributed by atoms with van der Waals surface area (Å²) >= 11 is 3.45. The third-order valence-electron chi connectivity index (χ3n) is 4.74. The zero-order valence-electron chi connectivity index (χ0n) is 12.4. The van der Waals surface area contributed by atoms with Crippen molar-refractivity contribution in [3.05, 3.63) is 33.8 Å². The van der Waals surface area contributed by atoms with Gasteiger partial charge in [0, 0.05) is 35.2 Å². The molecule has 116 valence electrons. The number of hydrogen-bond donors (Lipinski definition) is 1. The lowest BCUT2D eigenvalue weighted by Gasteiger charge is -2.35. The summed E-state index contributed by atoms with van der Waals surface area (Å²) in [6.45, 7) is 2.00. The predicted octanol–water partition coefficient (Wildman–Crippen LogP) is 3.53. The van der Waals surface area contributed by atoms with Gasteiger partial charge < -0.3 is 10.2 Å². The molecule has 1 aromatic rings. The summed E-state index contributed by atoms with van der Waals surface area (Å²) in [6.07, 6.45) is 4.71. The molecule has 1 aromatic carbocycles. The van der Waals surface area contributed by atoms with Crippen molar-refractivity contribution in [2.75, 3.05) is 7.05 Å². The second kappa shape index (κ2) is 6.67. The number of amides is 1. The van der Waals surface area contributed by atoms with E-state index in [9.17, 15) is 4.79 Å². The standard InChI is InChI=1S/C16H21BrN2O.ClH/c1-10-7-11(17)3-6-15(10)16(20)19(2)14-8-12-4-5-13(9-14)18-12;/h3,6-7,12-14,18H,4-5,8-9H2,1-2H3;1H. The van der Waals surface area contributed by atoms with Crippen molar-refractivity contribution in [3.8, 4) is 0 Å². The fraction of sp³-hybridized carbons (Fsp3) is 0.562. The van der Waals surface area contributed by atoms with E-state index in [2.05, 4.69) is 21.2 Å². The number of benzene rings is 1. The van der Waals surface area contributed by atoms with E-state index in [1.54, 1.807) is 0 Å². The van der Waals surface area contributed by atoms with Gasteiger partial charge in [0.1, 0.15) is 0 Å². The number of carbonyl (C=O) groups is 1. The van der Waals surface area contributed by atoms with Gasteiger partial charge in [-0.25, -0.2) is 0 Å². The Bertz CT molecular complexity index is 525. The molecule has 2 aliphatic heterocycles. The largest absolute Gasteiger partial charge is 0.339 e. The Labute approximate surface area is 141 Å². The smallest absolute Gasteiger partial charge is 0.254 e. The lowest BCUT2D eigenvalue weighted by molar-refractivity contribution is 0.0681. The number of rotatable bonds is 2. The highest BCUT2D eigenvalue weighted by Gasteiger charge is 2.36. The van der Waals surface area contributed by atoms with E-state index < -0.39 is 0 Å². The van der Waals surface area contributed by atoms with E-state index >= 15 is 0 Å². The number of carbonyl (C=O) groups excluding carboxylic acids is 1. The van der Waals surface area contributed by atoms with Crippen LogP contribution in [0.15, 0.2) is 22.7 Å². The van der Waals surface area contributed by atoms with Crippen LogP contribution in [0, 0.1) is 6.92 Å². The lowest BCUT2D eigenvalue weighted by Crippen LogP contribution is -2.48. The van der Waals surface area contributed by atoms with Gasteiger partial charge in [0.2, 0.25) is 0 Å². The molecular formula is C16H22BrClN2O. The van der Waals surface area contributed by atoms with Crippen LogP contribution >= 0.6 is 28.3 Å². The van der Waals surface area contributed by atoms with Crippen molar-refractivity contribution in [1.82, 2.24) is 10.2 Å². The monoisotopic (exact) mass is 372 g/mol. The van der Waals surface area contributed by atoms with Crippen molar-refractivity contribution < 1.29 is 4.79 Å². The van der Waals surface area contributed by atoms with E-state index in [-0.39, 0.29) is 18.3 Å². The maximum Gasteiger partial charge on any atom is 0.254 e. The van der Waals surface area contributed by atoms with E-state index in [0.717, 1.165) is 28.4 Å². The minimum Gasteiger partial charge on any atom is -0.339 e. The van der Waals surface area contributed by atoms with Gasteiger partial charge in [0.15, 0.2) is 0 Å². The third-order valence-corrected chi connectivity index (χ3v) is 5.23. The number of nitrogens with one attached hydrogen (secondary N) is 1. The zero-order chi connectivity index (χ0) is 14.3.